The van der Waals surface area contributed by atoms with E-state index in [-0.39, 0.29) is 144 Å². The Hall–Kier alpha value is -8.68. The number of amides is 8. The van der Waals surface area contributed by atoms with Crippen molar-refractivity contribution in [2.45, 2.75) is 221 Å². The van der Waals surface area contributed by atoms with E-state index in [0.29, 0.717) is 37.1 Å². The number of hydrogen-bond acceptors (Lipinski definition) is 16. The largest absolute Gasteiger partial charge is 0.420 e. The van der Waals surface area contributed by atoms with Crippen LogP contribution >= 0.6 is 0 Å². The molecule has 8 amide bonds. The van der Waals surface area contributed by atoms with Crippen molar-refractivity contribution in [1.29, 1.82) is 5.26 Å². The highest BCUT2D eigenvalue weighted by Crippen LogP contribution is 2.43. The number of hydrogen-bond donors (Lipinski definition) is 6. The number of primary amides is 1. The van der Waals surface area contributed by atoms with Crippen molar-refractivity contribution in [3.05, 3.63) is 94.6 Å². The number of nitriles is 1. The first-order valence-electron chi connectivity index (χ1n) is 37.6. The van der Waals surface area contributed by atoms with Gasteiger partial charge in [0.25, 0.3) is 0 Å². The third kappa shape index (κ3) is 24.9. The summed E-state index contributed by atoms with van der Waals surface area (Å²) in [5.74, 6) is -17.8. The number of carbonyl (C=O) groups excluding carboxylic acids is 11. The van der Waals surface area contributed by atoms with Crippen LogP contribution in [-0.2, 0) is 70.4 Å². The van der Waals surface area contributed by atoms with E-state index in [4.69, 9.17) is 19.9 Å². The van der Waals surface area contributed by atoms with Crippen LogP contribution in [0, 0.1) is 94.3 Å². The van der Waals surface area contributed by atoms with Gasteiger partial charge in [0.15, 0.2) is 23.2 Å². The predicted molar refractivity (Wildman–Crippen MR) is 398 cm³/mol. The molecule has 5 rings (SSSR count). The third-order valence-electron chi connectivity index (χ3n) is 21.4. The first-order chi connectivity index (χ1) is 50.9. The molecule has 0 spiro atoms. The molecule has 7 N–H and O–H groups in total. The Morgan fingerprint density at radius 2 is 1.33 bits per heavy atom. The number of Topliss-reactive ketones (excluding diaryl/α,β-unsaturated/α-hetero) is 3. The Morgan fingerprint density at radius 1 is 0.704 bits per heavy atom. The molecule has 24 nitrogen and oxygen atoms in total. The first kappa shape index (κ1) is 89.9. The van der Waals surface area contributed by atoms with Crippen LogP contribution in [0.3, 0.4) is 0 Å². The summed E-state index contributed by atoms with van der Waals surface area (Å²) < 4.78 is 74.0. The van der Waals surface area contributed by atoms with Gasteiger partial charge in [-0.15, -0.1) is 0 Å². The fourth-order valence-electron chi connectivity index (χ4n) is 14.9. The summed E-state index contributed by atoms with van der Waals surface area (Å²) in [6, 6.07) is 13.8. The lowest BCUT2D eigenvalue weighted by molar-refractivity contribution is -0.148. The number of halogens is 4. The quantitative estimate of drug-likeness (QED) is 0.00767. The zero-order valence-electron chi connectivity index (χ0n) is 65.4. The van der Waals surface area contributed by atoms with E-state index in [1.54, 1.807) is 61.9 Å². The van der Waals surface area contributed by atoms with Crippen molar-refractivity contribution in [3.63, 3.8) is 0 Å². The van der Waals surface area contributed by atoms with Gasteiger partial charge in [-0.25, -0.2) is 18.0 Å². The van der Waals surface area contributed by atoms with Crippen LogP contribution in [0.5, 0.6) is 5.75 Å². The maximum absolute atomic E-state index is 14.7. The van der Waals surface area contributed by atoms with E-state index in [1.807, 2.05) is 90.9 Å². The Morgan fingerprint density at radius 3 is 1.90 bits per heavy atom. The number of likely N-dealkylation sites (N-methyl/N-ethyl adjacent to an activating group) is 2. The van der Waals surface area contributed by atoms with Crippen LogP contribution in [0.2, 0.25) is 0 Å². The normalized spacial score (nSPS) is 18.6. The van der Waals surface area contributed by atoms with Crippen LogP contribution in [0.1, 0.15) is 175 Å². The van der Waals surface area contributed by atoms with Crippen LogP contribution in [-0.4, -0.2) is 170 Å². The number of likely N-dealkylation sites (tertiary alicyclic amines) is 1. The number of ketones is 3. The fraction of sp³-hybridized carbons (Fsp3) is 0.625. The zero-order chi connectivity index (χ0) is 80.6. The van der Waals surface area contributed by atoms with Gasteiger partial charge in [0.05, 0.1) is 60.2 Å². The van der Waals surface area contributed by atoms with Crippen LogP contribution in [0.15, 0.2) is 54.6 Å². The second-order valence-corrected chi connectivity index (χ2v) is 30.5. The smallest absolute Gasteiger partial charge is 0.314 e. The van der Waals surface area contributed by atoms with Gasteiger partial charge in [0.2, 0.25) is 47.0 Å². The summed E-state index contributed by atoms with van der Waals surface area (Å²) in [4.78, 5) is 157. The molecule has 108 heavy (non-hydrogen) atoms. The van der Waals surface area contributed by atoms with Crippen molar-refractivity contribution in [2.75, 3.05) is 53.8 Å². The molecule has 0 aromatic heterocycles. The molecule has 0 radical (unpaired) electrons. The van der Waals surface area contributed by atoms with Crippen molar-refractivity contribution in [1.82, 2.24) is 36.0 Å². The van der Waals surface area contributed by atoms with E-state index in [9.17, 15) is 75.6 Å². The van der Waals surface area contributed by atoms with E-state index >= 15 is 0 Å². The zero-order valence-corrected chi connectivity index (χ0v) is 65.4. The highest BCUT2D eigenvalue weighted by Gasteiger charge is 2.45. The maximum atomic E-state index is 14.7. The number of benzene rings is 3. The van der Waals surface area contributed by atoms with Gasteiger partial charge < -0.3 is 56.3 Å². The molecule has 0 bridgehead atoms. The number of nitrogens with two attached hydrogens (primary N) is 1. The number of urea groups is 1. The topological polar surface area (TPSA) is 335 Å². The molecular formula is C80H114F4N10O14. The van der Waals surface area contributed by atoms with E-state index in [0.717, 1.165) is 12.5 Å². The molecule has 1 saturated carbocycles. The number of methoxy groups -OCH3 is 2. The standard InChI is InChI=1S/C80H114F4N10O14/c1-16-48(8)71(93(13)77(103)69(46(4)5)91-76(102)70(47(6)7)92(11)12)61(106-14)41-63(99)94-37-21-25-58(94)72(107-15)49(9)59(96)40-55(38-51-22-18-17-19-23-51)74(100)88-43-52-26-28-56(29-27-52)89-75(101)54(24-20-36-87-79(86)105)39-60(97)68(45(2)3)90-62(98)31-30-57(95)42-80(44-85)34-32-53(33-35-80)78(104)108-73-65(82)50(10)64(81)66(83)67(73)84/h17-19,22-23,26-29,45-49,53-55,58,61,68-72H,16,20-21,24-25,30-43H2,1-15H3,(H,88,100)(H,89,101)(H,90,98)(H,91,102)(H3,86,87,105)/t48-,49-,53?,54+,55+,58-,61+,68-,69-,70-,71-,72+,80?/m0/s1. The summed E-state index contributed by atoms with van der Waals surface area (Å²) in [7, 11) is 8.38. The highest BCUT2D eigenvalue weighted by molar-refractivity contribution is 5.98. The molecule has 2 fully saturated rings. The van der Waals surface area contributed by atoms with E-state index in [1.165, 1.54) is 14.2 Å². The second kappa shape index (κ2) is 42.3. The molecule has 596 valence electrons. The molecule has 1 saturated heterocycles. The number of esters is 1. The minimum absolute atomic E-state index is 0.00501. The molecule has 0 unspecified atom stereocenters. The molecule has 1 heterocycles. The van der Waals surface area contributed by atoms with Crippen molar-refractivity contribution < 1.29 is 84.5 Å². The Labute approximate surface area is 633 Å². The van der Waals surface area contributed by atoms with Gasteiger partial charge >= 0.3 is 12.0 Å². The van der Waals surface area contributed by atoms with E-state index < -0.39 is 147 Å². The lowest BCUT2D eigenvalue weighted by Crippen LogP contribution is -2.59. The van der Waals surface area contributed by atoms with Crippen LogP contribution in [0.25, 0.3) is 0 Å². The average Bonchev–Trinajstić information content (AvgIpc) is 1.09. The molecule has 1 aliphatic carbocycles. The molecule has 3 aromatic rings. The number of ether oxygens (including phenoxy) is 3. The average molecular weight is 1520 g/mol. The minimum atomic E-state index is -2.01. The second-order valence-electron chi connectivity index (χ2n) is 30.5. The summed E-state index contributed by atoms with van der Waals surface area (Å²) in [5, 5.41) is 24.2. The first-order valence-corrected chi connectivity index (χ1v) is 37.6. The van der Waals surface area contributed by atoms with Crippen LogP contribution < -0.4 is 37.1 Å². The van der Waals surface area contributed by atoms with Crippen LogP contribution in [0.4, 0.5) is 28.0 Å². The maximum Gasteiger partial charge on any atom is 0.314 e. The molecule has 1 aliphatic heterocycles. The lowest BCUT2D eigenvalue weighted by Gasteiger charge is -2.41. The summed E-state index contributed by atoms with van der Waals surface area (Å²) in [5.41, 5.74) is 4.97. The predicted octanol–water partition coefficient (Wildman–Crippen LogP) is 9.78. The SMILES string of the molecule is CC[C@H](C)[C@@H]([C@@H](CC(=O)N1CCC[C@H]1[C@H](OC)[C@@H](C)C(=O)C[C@@H](Cc1ccccc1)C(=O)NCc1ccc(NC(=O)[C@H](CCCNC(N)=O)CC(=O)[C@@H](NC(=O)CCC(=O)CC2(C#N)CCC(C(=O)Oc3c(F)c(C)c(F)c(F)c3F)CC2)C(C)C)cc1)OC)N(C)C(=O)[C@@H](NC(=O)[C@H](C(C)C)N(C)C)C(C)C. The highest BCUT2D eigenvalue weighted by atomic mass is 19.2. The molecular weight excluding hydrogens is 1400 g/mol. The van der Waals surface area contributed by atoms with E-state index in [2.05, 4.69) is 32.7 Å². The van der Waals surface area contributed by atoms with Gasteiger partial charge in [-0.1, -0.05) is 111 Å². The third-order valence-corrected chi connectivity index (χ3v) is 21.4. The Bertz CT molecular complexity index is 3600. The van der Waals surface area contributed by atoms with Gasteiger partial charge in [-0.05, 0) is 126 Å². The monoisotopic (exact) mass is 1510 g/mol. The lowest BCUT2D eigenvalue weighted by atomic mass is 9.68. The summed E-state index contributed by atoms with van der Waals surface area (Å²) in [6.45, 7) is 18.2. The molecule has 3 aromatic carbocycles. The molecule has 2 aliphatic rings. The van der Waals surface area contributed by atoms with Crippen molar-refractivity contribution >= 4 is 70.5 Å². The number of nitrogens with one attached hydrogen (secondary N) is 5. The van der Waals surface area contributed by atoms with Crippen molar-refractivity contribution in [2.24, 2.45) is 58.5 Å². The molecule has 28 heteroatoms. The minimum Gasteiger partial charge on any atom is -0.420 e. The van der Waals surface area contributed by atoms with Gasteiger partial charge in [0.1, 0.15) is 17.6 Å². The number of anilines is 1. The van der Waals surface area contributed by atoms with Gasteiger partial charge in [0, 0.05) is 102 Å². The Kier molecular flexibility index (Phi) is 35.3. The summed E-state index contributed by atoms with van der Waals surface area (Å²) in [6.07, 6.45) is -0.652. The Balaban J connectivity index is 1.20. The summed E-state index contributed by atoms with van der Waals surface area (Å²) >= 11 is 0. The van der Waals surface area contributed by atoms with Gasteiger partial charge in [-0.3, -0.25) is 52.8 Å². The number of rotatable bonds is 42. The van der Waals surface area contributed by atoms with Crippen molar-refractivity contribution in [3.8, 4) is 11.8 Å². The number of nitrogens with zero attached hydrogens (tertiary/aromatic N) is 4. The molecule has 11 atom stereocenters. The number of carbonyl (C=O) groups is 11. The fourth-order valence-corrected chi connectivity index (χ4v) is 14.9. The van der Waals surface area contributed by atoms with Gasteiger partial charge in [-0.2, -0.15) is 9.65 Å².